The summed E-state index contributed by atoms with van der Waals surface area (Å²) in [5, 5.41) is 0.620. The molecule has 33 heavy (non-hydrogen) atoms. The molecular weight excluding hydrogens is 432 g/mol. The van der Waals surface area contributed by atoms with Crippen LogP contribution in [0.15, 0.2) is 78.9 Å². The van der Waals surface area contributed by atoms with E-state index in [4.69, 9.17) is 11.6 Å². The summed E-state index contributed by atoms with van der Waals surface area (Å²) in [7, 11) is 0. The summed E-state index contributed by atoms with van der Waals surface area (Å²) in [6.45, 7) is 4.27. The maximum Gasteiger partial charge on any atom is 0.192 e. The van der Waals surface area contributed by atoms with Crippen LogP contribution in [0.3, 0.4) is 0 Å². The second-order valence-electron chi connectivity index (χ2n) is 8.59. The Bertz CT molecular complexity index is 1080. The van der Waals surface area contributed by atoms with E-state index in [9.17, 15) is 9.59 Å². The molecular formula is C28H29ClN2O2. The summed E-state index contributed by atoms with van der Waals surface area (Å²) in [5.41, 5.74) is 3.67. The van der Waals surface area contributed by atoms with Crippen LogP contribution in [0.25, 0.3) is 0 Å². The third-order valence-corrected chi connectivity index (χ3v) is 6.62. The predicted octanol–water partition coefficient (Wildman–Crippen LogP) is 5.74. The lowest BCUT2D eigenvalue weighted by Crippen LogP contribution is -2.46. The zero-order valence-corrected chi connectivity index (χ0v) is 19.6. The van der Waals surface area contributed by atoms with Crippen molar-refractivity contribution in [1.82, 2.24) is 4.90 Å². The van der Waals surface area contributed by atoms with Crippen LogP contribution in [0.4, 0.5) is 5.69 Å². The standard InChI is InChI=1S/C28H29ClN2O2/c1-21-7-5-10-23(19-21)28(33)27(20-32)31(25-14-12-24(29)13-15-25)18-17-30-16-6-11-26(30)22-8-3-2-4-9-22/h2-5,7-10,12-15,19-20,26-27H,6,11,16-18H2,1H3. The van der Waals surface area contributed by atoms with E-state index < -0.39 is 6.04 Å². The summed E-state index contributed by atoms with van der Waals surface area (Å²) in [6, 6.07) is 24.8. The maximum atomic E-state index is 13.4. The number of likely N-dealkylation sites (tertiary alicyclic amines) is 1. The van der Waals surface area contributed by atoms with Crippen molar-refractivity contribution in [3.05, 3.63) is 101 Å². The SMILES string of the molecule is Cc1cccc(C(=O)C(C=O)N(CCN2CCCC2c2ccccc2)c2ccc(Cl)cc2)c1. The molecule has 0 N–H and O–H groups in total. The molecule has 1 aliphatic rings. The number of Topliss-reactive ketones (excluding diaryl/α,β-unsaturated/α-hetero) is 1. The Kier molecular flexibility index (Phi) is 7.58. The zero-order valence-electron chi connectivity index (χ0n) is 18.9. The van der Waals surface area contributed by atoms with E-state index in [0.29, 0.717) is 23.2 Å². The van der Waals surface area contributed by atoms with Gasteiger partial charge < -0.3 is 9.69 Å². The molecule has 0 saturated carbocycles. The van der Waals surface area contributed by atoms with Crippen molar-refractivity contribution < 1.29 is 9.59 Å². The summed E-state index contributed by atoms with van der Waals surface area (Å²) in [6.07, 6.45) is 3.02. The number of carbonyl (C=O) groups excluding carboxylic acids is 2. The minimum atomic E-state index is -0.897. The minimum Gasteiger partial charge on any atom is -0.354 e. The summed E-state index contributed by atoms with van der Waals surface area (Å²) in [5.74, 6) is -0.190. The molecule has 2 unspecified atom stereocenters. The van der Waals surface area contributed by atoms with E-state index in [1.165, 1.54) is 5.56 Å². The lowest BCUT2D eigenvalue weighted by Gasteiger charge is -2.33. The zero-order chi connectivity index (χ0) is 23.2. The first-order valence-electron chi connectivity index (χ1n) is 11.4. The highest BCUT2D eigenvalue weighted by Crippen LogP contribution is 2.32. The fourth-order valence-electron chi connectivity index (χ4n) is 4.69. The van der Waals surface area contributed by atoms with Gasteiger partial charge in [-0.25, -0.2) is 0 Å². The van der Waals surface area contributed by atoms with Gasteiger partial charge in [-0.2, -0.15) is 0 Å². The molecule has 3 aromatic carbocycles. The van der Waals surface area contributed by atoms with Crippen molar-refractivity contribution in [2.45, 2.75) is 31.8 Å². The molecule has 1 aliphatic heterocycles. The molecule has 1 fully saturated rings. The third-order valence-electron chi connectivity index (χ3n) is 6.37. The number of halogens is 1. The average Bonchev–Trinajstić information content (AvgIpc) is 3.31. The van der Waals surface area contributed by atoms with Crippen molar-refractivity contribution in [3.63, 3.8) is 0 Å². The molecule has 0 aliphatic carbocycles. The van der Waals surface area contributed by atoms with E-state index in [1.807, 2.05) is 48.2 Å². The number of hydrogen-bond donors (Lipinski definition) is 0. The Hall–Kier alpha value is -2.95. The second kappa shape index (κ2) is 10.8. The Morgan fingerprint density at radius 3 is 2.55 bits per heavy atom. The number of aryl methyl sites for hydroxylation is 1. The minimum absolute atomic E-state index is 0.190. The molecule has 0 radical (unpaired) electrons. The van der Waals surface area contributed by atoms with Gasteiger partial charge in [-0.1, -0.05) is 65.7 Å². The molecule has 2 atom stereocenters. The quantitative estimate of drug-likeness (QED) is 0.232. The maximum absolute atomic E-state index is 13.4. The van der Waals surface area contributed by atoms with Gasteiger partial charge in [0.1, 0.15) is 12.3 Å². The molecule has 1 heterocycles. The highest BCUT2D eigenvalue weighted by Gasteiger charge is 2.30. The van der Waals surface area contributed by atoms with Crippen LogP contribution >= 0.6 is 11.6 Å². The van der Waals surface area contributed by atoms with Gasteiger partial charge in [0.2, 0.25) is 0 Å². The number of aldehydes is 1. The molecule has 0 amide bonds. The molecule has 4 rings (SSSR count). The Balaban J connectivity index is 1.59. The first-order chi connectivity index (χ1) is 16.1. The van der Waals surface area contributed by atoms with Gasteiger partial charge >= 0.3 is 0 Å². The fourth-order valence-corrected chi connectivity index (χ4v) is 4.82. The van der Waals surface area contributed by atoms with Crippen molar-refractivity contribution in [2.24, 2.45) is 0 Å². The number of nitrogens with zero attached hydrogens (tertiary/aromatic N) is 2. The van der Waals surface area contributed by atoms with Gasteiger partial charge in [0.05, 0.1) is 0 Å². The Labute approximate surface area is 200 Å². The molecule has 0 aromatic heterocycles. The van der Waals surface area contributed by atoms with Crippen molar-refractivity contribution >= 4 is 29.4 Å². The lowest BCUT2D eigenvalue weighted by atomic mass is 10.0. The van der Waals surface area contributed by atoms with Gasteiger partial charge in [0.15, 0.2) is 5.78 Å². The summed E-state index contributed by atoms with van der Waals surface area (Å²) >= 11 is 6.11. The number of rotatable bonds is 9. The van der Waals surface area contributed by atoms with Crippen LogP contribution < -0.4 is 4.90 Å². The number of benzene rings is 3. The number of ketones is 1. The van der Waals surface area contributed by atoms with Crippen molar-refractivity contribution in [2.75, 3.05) is 24.5 Å². The fraction of sp³-hybridized carbons (Fsp3) is 0.286. The van der Waals surface area contributed by atoms with Crippen LogP contribution in [0.5, 0.6) is 0 Å². The topological polar surface area (TPSA) is 40.6 Å². The highest BCUT2D eigenvalue weighted by molar-refractivity contribution is 6.30. The number of anilines is 1. The van der Waals surface area contributed by atoms with Gasteiger partial charge in [-0.3, -0.25) is 9.69 Å². The molecule has 4 nitrogen and oxygen atoms in total. The Morgan fingerprint density at radius 2 is 1.85 bits per heavy atom. The van der Waals surface area contributed by atoms with Gasteiger partial charge in [-0.05, 0) is 62.2 Å². The normalized spacial score (nSPS) is 17.0. The first-order valence-corrected chi connectivity index (χ1v) is 11.8. The second-order valence-corrected chi connectivity index (χ2v) is 9.03. The first kappa shape index (κ1) is 23.2. The molecule has 0 bridgehead atoms. The number of carbonyl (C=O) groups is 2. The van der Waals surface area contributed by atoms with Gasteiger partial charge in [-0.15, -0.1) is 0 Å². The predicted molar refractivity (Wildman–Crippen MR) is 134 cm³/mol. The van der Waals surface area contributed by atoms with Gasteiger partial charge in [0.25, 0.3) is 0 Å². The highest BCUT2D eigenvalue weighted by atomic mass is 35.5. The largest absolute Gasteiger partial charge is 0.354 e. The van der Waals surface area contributed by atoms with E-state index in [-0.39, 0.29) is 5.78 Å². The molecule has 3 aromatic rings. The smallest absolute Gasteiger partial charge is 0.192 e. The van der Waals surface area contributed by atoms with E-state index in [0.717, 1.165) is 43.5 Å². The van der Waals surface area contributed by atoms with Crippen LogP contribution in [0.1, 0.15) is 40.4 Å². The van der Waals surface area contributed by atoms with Crippen molar-refractivity contribution in [3.8, 4) is 0 Å². The lowest BCUT2D eigenvalue weighted by molar-refractivity contribution is -0.108. The van der Waals surface area contributed by atoms with Crippen LogP contribution in [-0.4, -0.2) is 42.6 Å². The van der Waals surface area contributed by atoms with Crippen LogP contribution in [-0.2, 0) is 4.79 Å². The average molecular weight is 461 g/mol. The molecule has 5 heteroatoms. The molecule has 170 valence electrons. The van der Waals surface area contributed by atoms with E-state index >= 15 is 0 Å². The van der Waals surface area contributed by atoms with E-state index in [1.54, 1.807) is 18.2 Å². The summed E-state index contributed by atoms with van der Waals surface area (Å²) < 4.78 is 0. The van der Waals surface area contributed by atoms with Crippen molar-refractivity contribution in [1.29, 1.82) is 0 Å². The molecule has 1 saturated heterocycles. The number of hydrogen-bond acceptors (Lipinski definition) is 4. The van der Waals surface area contributed by atoms with E-state index in [2.05, 4.69) is 29.2 Å². The summed E-state index contributed by atoms with van der Waals surface area (Å²) in [4.78, 5) is 30.0. The van der Waals surface area contributed by atoms with Crippen LogP contribution in [0, 0.1) is 6.92 Å². The Morgan fingerprint density at radius 1 is 1.09 bits per heavy atom. The van der Waals surface area contributed by atoms with Crippen LogP contribution in [0.2, 0.25) is 5.02 Å². The third kappa shape index (κ3) is 5.52. The van der Waals surface area contributed by atoms with Gasteiger partial charge in [0, 0.05) is 35.4 Å². The monoisotopic (exact) mass is 460 g/mol. The molecule has 0 spiro atoms.